The van der Waals surface area contributed by atoms with Gasteiger partial charge < -0.3 is 15.0 Å². The van der Waals surface area contributed by atoms with E-state index in [0.29, 0.717) is 0 Å². The van der Waals surface area contributed by atoms with Crippen molar-refractivity contribution in [3.8, 4) is 5.75 Å². The summed E-state index contributed by atoms with van der Waals surface area (Å²) in [7, 11) is 1.67. The van der Waals surface area contributed by atoms with Gasteiger partial charge in [0.25, 0.3) is 0 Å². The Labute approximate surface area is 141 Å². The zero-order chi connectivity index (χ0) is 16.9. The van der Waals surface area contributed by atoms with Crippen LogP contribution in [0.5, 0.6) is 5.75 Å². The highest BCUT2D eigenvalue weighted by Gasteiger charge is 2.23. The van der Waals surface area contributed by atoms with Crippen LogP contribution in [0.1, 0.15) is 25.8 Å². The minimum atomic E-state index is -0.341. The fourth-order valence-corrected chi connectivity index (χ4v) is 2.93. The molecule has 1 aromatic carbocycles. The van der Waals surface area contributed by atoms with Crippen LogP contribution in [0.15, 0.2) is 36.9 Å². The predicted molar refractivity (Wildman–Crippen MR) is 91.1 cm³/mol. The zero-order valence-corrected chi connectivity index (χ0v) is 14.1. The summed E-state index contributed by atoms with van der Waals surface area (Å²) in [5.41, 5.74) is 1.19. The quantitative estimate of drug-likeness (QED) is 0.903. The molecular formula is C17H23N5O2. The van der Waals surface area contributed by atoms with Crippen molar-refractivity contribution in [1.29, 1.82) is 0 Å². The van der Waals surface area contributed by atoms with Gasteiger partial charge in [-0.1, -0.05) is 0 Å². The van der Waals surface area contributed by atoms with Crippen LogP contribution in [-0.4, -0.2) is 46.9 Å². The maximum Gasteiger partial charge on any atom is 0.244 e. The molecule has 7 nitrogen and oxygen atoms in total. The van der Waals surface area contributed by atoms with E-state index in [0.717, 1.165) is 31.7 Å². The number of nitrogens with one attached hydrogen (secondary N) is 1. The lowest BCUT2D eigenvalue weighted by atomic mass is 10.0. The number of piperidine rings is 1. The molecule has 1 atom stereocenters. The molecular weight excluding hydrogens is 306 g/mol. The second kappa shape index (κ2) is 7.33. The number of hydrogen-bond acceptors (Lipinski definition) is 5. The highest BCUT2D eigenvalue weighted by Crippen LogP contribution is 2.23. The number of amides is 1. The van der Waals surface area contributed by atoms with E-state index in [1.165, 1.54) is 12.0 Å². The van der Waals surface area contributed by atoms with E-state index in [1.54, 1.807) is 18.1 Å². The van der Waals surface area contributed by atoms with E-state index in [-0.39, 0.29) is 18.0 Å². The second-order valence-electron chi connectivity index (χ2n) is 6.02. The standard InChI is InChI=1S/C17H23N5O2/c1-13(22-12-18-11-19-22)17(23)20-14-7-9-21(10-8-14)15-3-5-16(24-2)6-4-15/h3-6,11-14H,7-10H2,1-2H3,(H,20,23)/t13-/m0/s1. The molecule has 2 aromatic rings. The Bertz CT molecular complexity index is 648. The van der Waals surface area contributed by atoms with Crippen LogP contribution in [0.4, 0.5) is 5.69 Å². The van der Waals surface area contributed by atoms with Crippen molar-refractivity contribution in [2.75, 3.05) is 25.1 Å². The fourth-order valence-electron chi connectivity index (χ4n) is 2.93. The van der Waals surface area contributed by atoms with E-state index >= 15 is 0 Å². The molecule has 128 valence electrons. The lowest BCUT2D eigenvalue weighted by Gasteiger charge is -2.34. The van der Waals surface area contributed by atoms with Gasteiger partial charge in [0, 0.05) is 24.8 Å². The molecule has 0 spiro atoms. The minimum absolute atomic E-state index is 0.0107. The Morgan fingerprint density at radius 1 is 1.29 bits per heavy atom. The van der Waals surface area contributed by atoms with Crippen LogP contribution < -0.4 is 15.0 Å². The van der Waals surface area contributed by atoms with Crippen LogP contribution in [0.25, 0.3) is 0 Å². The molecule has 3 rings (SSSR count). The van der Waals surface area contributed by atoms with Gasteiger partial charge in [0.1, 0.15) is 24.4 Å². The lowest BCUT2D eigenvalue weighted by molar-refractivity contribution is -0.125. The molecule has 1 aliphatic rings. The maximum absolute atomic E-state index is 12.3. The molecule has 1 saturated heterocycles. The number of carbonyl (C=O) groups excluding carboxylic acids is 1. The smallest absolute Gasteiger partial charge is 0.244 e. The molecule has 1 aliphatic heterocycles. The topological polar surface area (TPSA) is 72.3 Å². The molecule has 0 aliphatic carbocycles. The monoisotopic (exact) mass is 329 g/mol. The first-order valence-electron chi connectivity index (χ1n) is 8.21. The van der Waals surface area contributed by atoms with Crippen molar-refractivity contribution in [3.63, 3.8) is 0 Å². The first kappa shape index (κ1) is 16.3. The number of nitrogens with zero attached hydrogens (tertiary/aromatic N) is 4. The average Bonchev–Trinajstić information content (AvgIpc) is 3.16. The van der Waals surface area contributed by atoms with Gasteiger partial charge in [-0.2, -0.15) is 5.10 Å². The average molecular weight is 329 g/mol. The summed E-state index contributed by atoms with van der Waals surface area (Å²) in [4.78, 5) is 18.5. The Morgan fingerprint density at radius 2 is 2.00 bits per heavy atom. The molecule has 0 saturated carbocycles. The summed E-state index contributed by atoms with van der Waals surface area (Å²) >= 11 is 0. The second-order valence-corrected chi connectivity index (χ2v) is 6.02. The largest absolute Gasteiger partial charge is 0.497 e. The first-order chi connectivity index (χ1) is 11.7. The molecule has 7 heteroatoms. The summed E-state index contributed by atoms with van der Waals surface area (Å²) in [6.07, 6.45) is 4.87. The molecule has 2 heterocycles. The van der Waals surface area contributed by atoms with Crippen LogP contribution in [0, 0.1) is 0 Å². The molecule has 0 radical (unpaired) electrons. The number of anilines is 1. The Hall–Kier alpha value is -2.57. The highest BCUT2D eigenvalue weighted by molar-refractivity contribution is 5.80. The normalized spacial score (nSPS) is 16.7. The molecule has 1 N–H and O–H groups in total. The van der Waals surface area contributed by atoms with Crippen molar-refractivity contribution < 1.29 is 9.53 Å². The lowest BCUT2D eigenvalue weighted by Crippen LogP contribution is -2.46. The summed E-state index contributed by atoms with van der Waals surface area (Å²) in [6, 6.07) is 7.96. The van der Waals surface area contributed by atoms with Crippen molar-refractivity contribution >= 4 is 11.6 Å². The number of methoxy groups -OCH3 is 1. The van der Waals surface area contributed by atoms with Crippen molar-refractivity contribution in [3.05, 3.63) is 36.9 Å². The van der Waals surface area contributed by atoms with Crippen LogP contribution >= 0.6 is 0 Å². The molecule has 1 fully saturated rings. The third kappa shape index (κ3) is 3.67. The summed E-state index contributed by atoms with van der Waals surface area (Å²) in [5.74, 6) is 0.853. The third-order valence-corrected chi connectivity index (χ3v) is 4.49. The fraction of sp³-hybridized carbons (Fsp3) is 0.471. The van der Waals surface area contributed by atoms with Gasteiger partial charge in [-0.05, 0) is 44.0 Å². The SMILES string of the molecule is COc1ccc(N2CCC(NC(=O)[C@H](C)n3cncn3)CC2)cc1. The van der Waals surface area contributed by atoms with Gasteiger partial charge in [0.2, 0.25) is 5.91 Å². The van der Waals surface area contributed by atoms with Gasteiger partial charge in [-0.15, -0.1) is 0 Å². The Balaban J connectivity index is 1.50. The van der Waals surface area contributed by atoms with E-state index in [1.807, 2.05) is 19.1 Å². The Morgan fingerprint density at radius 3 is 2.58 bits per heavy atom. The number of ether oxygens (including phenoxy) is 1. The number of benzene rings is 1. The van der Waals surface area contributed by atoms with Gasteiger partial charge in [-0.3, -0.25) is 4.79 Å². The Kier molecular flexibility index (Phi) is 4.98. The van der Waals surface area contributed by atoms with E-state index < -0.39 is 0 Å². The zero-order valence-electron chi connectivity index (χ0n) is 14.1. The van der Waals surface area contributed by atoms with Crippen LogP contribution in [0.3, 0.4) is 0 Å². The van der Waals surface area contributed by atoms with Gasteiger partial charge in [-0.25, -0.2) is 9.67 Å². The first-order valence-corrected chi connectivity index (χ1v) is 8.21. The van der Waals surface area contributed by atoms with Gasteiger partial charge in [0.15, 0.2) is 0 Å². The molecule has 0 bridgehead atoms. The van der Waals surface area contributed by atoms with E-state index in [4.69, 9.17) is 4.74 Å². The number of rotatable bonds is 5. The molecule has 0 unspecified atom stereocenters. The maximum atomic E-state index is 12.3. The van der Waals surface area contributed by atoms with Gasteiger partial charge in [0.05, 0.1) is 7.11 Å². The number of aromatic nitrogens is 3. The van der Waals surface area contributed by atoms with Crippen LogP contribution in [0.2, 0.25) is 0 Å². The summed E-state index contributed by atoms with van der Waals surface area (Å²) in [6.45, 7) is 3.68. The summed E-state index contributed by atoms with van der Waals surface area (Å²) in [5, 5.41) is 7.15. The van der Waals surface area contributed by atoms with E-state index in [2.05, 4.69) is 32.4 Å². The van der Waals surface area contributed by atoms with Gasteiger partial charge >= 0.3 is 0 Å². The highest BCUT2D eigenvalue weighted by atomic mass is 16.5. The number of carbonyl (C=O) groups is 1. The van der Waals surface area contributed by atoms with Crippen LogP contribution in [-0.2, 0) is 4.79 Å². The minimum Gasteiger partial charge on any atom is -0.497 e. The van der Waals surface area contributed by atoms with Crippen molar-refractivity contribution in [1.82, 2.24) is 20.1 Å². The summed E-state index contributed by atoms with van der Waals surface area (Å²) < 4.78 is 6.76. The van der Waals surface area contributed by atoms with Crippen molar-refractivity contribution in [2.24, 2.45) is 0 Å². The molecule has 24 heavy (non-hydrogen) atoms. The molecule has 1 amide bonds. The van der Waals surface area contributed by atoms with E-state index in [9.17, 15) is 4.79 Å². The van der Waals surface area contributed by atoms with Crippen molar-refractivity contribution in [2.45, 2.75) is 31.8 Å². The third-order valence-electron chi connectivity index (χ3n) is 4.49. The molecule has 1 aromatic heterocycles. The predicted octanol–water partition coefficient (Wildman–Crippen LogP) is 1.63. The number of hydrogen-bond donors (Lipinski definition) is 1.